The number of carbonyl (C=O) groups excluding carboxylic acids is 2. The van der Waals surface area contributed by atoms with Crippen LogP contribution in [-0.4, -0.2) is 65.7 Å². The molecule has 302 valence electrons. The highest BCUT2D eigenvalue weighted by Gasteiger charge is 2.27. The first-order valence-electron chi connectivity index (χ1n) is 20.1. The highest BCUT2D eigenvalue weighted by atomic mass is 31.2. The fraction of sp³-hybridized carbons (Fsp3) is 0.756. The summed E-state index contributed by atoms with van der Waals surface area (Å²) in [6.45, 7) is 2.03. The van der Waals surface area contributed by atoms with Crippen molar-refractivity contribution >= 4 is 19.8 Å². The Morgan fingerprint density at radius 2 is 0.904 bits per heavy atom. The minimum Gasteiger partial charge on any atom is -0.457 e. The molecule has 0 amide bonds. The molecule has 0 fully saturated rings. The lowest BCUT2D eigenvalue weighted by atomic mass is 10.1. The van der Waals surface area contributed by atoms with Crippen LogP contribution in [0.1, 0.15) is 162 Å². The fourth-order valence-corrected chi connectivity index (χ4v) is 5.97. The van der Waals surface area contributed by atoms with E-state index in [2.05, 4.69) is 62.5 Å². The van der Waals surface area contributed by atoms with Crippen LogP contribution < -0.4 is 0 Å². The quantitative estimate of drug-likeness (QED) is 0.0242. The van der Waals surface area contributed by atoms with Crippen molar-refractivity contribution in [3.8, 4) is 0 Å². The van der Waals surface area contributed by atoms with Crippen molar-refractivity contribution in [2.45, 2.75) is 174 Å². The van der Waals surface area contributed by atoms with E-state index in [1.807, 2.05) is 0 Å². The predicted molar refractivity (Wildman–Crippen MR) is 210 cm³/mol. The van der Waals surface area contributed by atoms with Gasteiger partial charge in [-0.2, -0.15) is 0 Å². The largest absolute Gasteiger partial charge is 0.472 e. The van der Waals surface area contributed by atoms with Crippen LogP contribution in [0.5, 0.6) is 0 Å². The smallest absolute Gasteiger partial charge is 0.457 e. The third-order valence-corrected chi connectivity index (χ3v) is 9.23. The van der Waals surface area contributed by atoms with Gasteiger partial charge in [0, 0.05) is 12.8 Å². The van der Waals surface area contributed by atoms with Gasteiger partial charge >= 0.3 is 19.8 Å². The Morgan fingerprint density at radius 3 is 1.33 bits per heavy atom. The summed E-state index contributed by atoms with van der Waals surface area (Å²) < 4.78 is 32.5. The Bertz CT molecular complexity index is 1010. The maximum Gasteiger partial charge on any atom is 0.472 e. The first kappa shape index (κ1) is 49.9. The Kier molecular flexibility index (Phi) is 35.8. The van der Waals surface area contributed by atoms with Gasteiger partial charge in [-0.25, -0.2) is 4.57 Å². The number of rotatable bonds is 37. The second kappa shape index (κ2) is 37.3. The van der Waals surface area contributed by atoms with Crippen LogP contribution in [0.3, 0.4) is 0 Å². The monoisotopic (exact) mass is 756 g/mol. The molecule has 0 aliphatic heterocycles. The molecular weight excluding hydrogens is 683 g/mol. The van der Waals surface area contributed by atoms with Crippen molar-refractivity contribution in [2.75, 3.05) is 26.4 Å². The molecule has 0 spiro atoms. The second-order valence-corrected chi connectivity index (χ2v) is 14.7. The number of hydrogen-bond acceptors (Lipinski definition) is 9. The lowest BCUT2D eigenvalue weighted by Gasteiger charge is -2.20. The van der Waals surface area contributed by atoms with Crippen LogP contribution in [0.4, 0.5) is 0 Å². The van der Waals surface area contributed by atoms with E-state index in [0.717, 1.165) is 89.9 Å². The molecular formula is C41H73O10P. The van der Waals surface area contributed by atoms with Crippen molar-refractivity contribution in [3.05, 3.63) is 48.6 Å². The van der Waals surface area contributed by atoms with Gasteiger partial charge in [0.1, 0.15) is 12.2 Å². The molecule has 0 aliphatic rings. The zero-order valence-corrected chi connectivity index (χ0v) is 33.4. The standard InChI is InChI=1S/C41H73O10P/c1-3-5-7-9-11-13-15-17-18-19-20-21-23-25-27-29-31-33-41(45)51-39(35-43)37-49-52(46,47)48-36-38(34-42)50-40(44)32-30-28-26-24-22-16-14-12-10-8-6-4-2/h5,7,11-14,17-18,38-39,42-43H,3-4,6,8-10,15-16,19-37H2,1-2H3,(H,46,47)/b7-5-,13-11-,14-12-,18-17-. The number of carbonyl (C=O) groups is 2. The van der Waals surface area contributed by atoms with E-state index < -0.39 is 58.4 Å². The molecule has 0 radical (unpaired) electrons. The van der Waals surface area contributed by atoms with Crippen molar-refractivity contribution < 1.29 is 47.8 Å². The number of hydrogen-bond donors (Lipinski definition) is 3. The summed E-state index contributed by atoms with van der Waals surface area (Å²) in [5.74, 6) is -1.04. The molecule has 10 nitrogen and oxygen atoms in total. The number of esters is 2. The Labute approximate surface area is 315 Å². The fourth-order valence-electron chi connectivity index (χ4n) is 5.18. The van der Waals surface area contributed by atoms with Gasteiger partial charge in [-0.1, -0.05) is 127 Å². The number of phosphoric acid groups is 1. The van der Waals surface area contributed by atoms with Crippen molar-refractivity contribution in [2.24, 2.45) is 0 Å². The summed E-state index contributed by atoms with van der Waals surface area (Å²) in [5.41, 5.74) is 0. The molecule has 3 unspecified atom stereocenters. The molecule has 0 saturated heterocycles. The van der Waals surface area contributed by atoms with Gasteiger partial charge in [-0.15, -0.1) is 0 Å². The van der Waals surface area contributed by atoms with Crippen LogP contribution in [0.2, 0.25) is 0 Å². The van der Waals surface area contributed by atoms with E-state index in [4.69, 9.17) is 18.5 Å². The molecule has 0 bridgehead atoms. The molecule has 0 saturated carbocycles. The molecule has 3 N–H and O–H groups in total. The molecule has 11 heteroatoms. The number of ether oxygens (including phenoxy) is 2. The predicted octanol–water partition coefficient (Wildman–Crippen LogP) is 10.2. The molecule has 0 aromatic carbocycles. The molecule has 0 aromatic heterocycles. The van der Waals surface area contributed by atoms with Crippen molar-refractivity contribution in [1.29, 1.82) is 0 Å². The summed E-state index contributed by atoms with van der Waals surface area (Å²) in [6, 6.07) is 0. The van der Waals surface area contributed by atoms with Gasteiger partial charge in [0.2, 0.25) is 0 Å². The zero-order valence-electron chi connectivity index (χ0n) is 32.5. The summed E-state index contributed by atoms with van der Waals surface area (Å²) in [4.78, 5) is 34.4. The average Bonchev–Trinajstić information content (AvgIpc) is 3.13. The Hall–Kier alpha value is -2.07. The Balaban J connectivity index is 3.98. The molecule has 52 heavy (non-hydrogen) atoms. The molecule has 0 aliphatic carbocycles. The van der Waals surface area contributed by atoms with E-state index >= 15 is 0 Å². The van der Waals surface area contributed by atoms with Gasteiger partial charge in [0.05, 0.1) is 26.4 Å². The lowest BCUT2D eigenvalue weighted by Crippen LogP contribution is -2.28. The minimum atomic E-state index is -4.64. The summed E-state index contributed by atoms with van der Waals surface area (Å²) in [5, 5.41) is 19.1. The number of allylic oxidation sites excluding steroid dienone is 8. The third kappa shape index (κ3) is 35.0. The topological polar surface area (TPSA) is 149 Å². The number of aliphatic hydroxyl groups excluding tert-OH is 2. The van der Waals surface area contributed by atoms with E-state index in [9.17, 15) is 29.3 Å². The Morgan fingerprint density at radius 1 is 0.538 bits per heavy atom. The van der Waals surface area contributed by atoms with Crippen LogP contribution in [0, 0.1) is 0 Å². The molecule has 0 aromatic rings. The first-order chi connectivity index (χ1) is 25.3. The minimum absolute atomic E-state index is 0.179. The van der Waals surface area contributed by atoms with Gasteiger partial charge in [0.15, 0.2) is 0 Å². The maximum absolute atomic E-state index is 12.3. The van der Waals surface area contributed by atoms with Crippen molar-refractivity contribution in [3.63, 3.8) is 0 Å². The lowest BCUT2D eigenvalue weighted by molar-refractivity contribution is -0.153. The summed E-state index contributed by atoms with van der Waals surface area (Å²) in [7, 11) is -4.64. The normalized spacial score (nSPS) is 14.5. The van der Waals surface area contributed by atoms with Crippen LogP contribution >= 0.6 is 7.82 Å². The third-order valence-electron chi connectivity index (χ3n) is 8.28. The second-order valence-electron chi connectivity index (χ2n) is 13.2. The first-order valence-corrected chi connectivity index (χ1v) is 21.6. The van der Waals surface area contributed by atoms with E-state index in [1.54, 1.807) is 0 Å². The van der Waals surface area contributed by atoms with Crippen LogP contribution in [0.25, 0.3) is 0 Å². The van der Waals surface area contributed by atoms with Gasteiger partial charge < -0.3 is 24.6 Å². The van der Waals surface area contributed by atoms with E-state index in [-0.39, 0.29) is 12.8 Å². The van der Waals surface area contributed by atoms with E-state index in [1.165, 1.54) is 32.1 Å². The highest BCUT2D eigenvalue weighted by molar-refractivity contribution is 7.47. The maximum atomic E-state index is 12.3. The number of phosphoric ester groups is 1. The molecule has 3 atom stereocenters. The van der Waals surface area contributed by atoms with E-state index in [0.29, 0.717) is 12.8 Å². The van der Waals surface area contributed by atoms with Crippen LogP contribution in [0.15, 0.2) is 48.6 Å². The van der Waals surface area contributed by atoms with Gasteiger partial charge in [-0.3, -0.25) is 18.6 Å². The van der Waals surface area contributed by atoms with Gasteiger partial charge in [0.25, 0.3) is 0 Å². The summed E-state index contributed by atoms with van der Waals surface area (Å²) >= 11 is 0. The zero-order chi connectivity index (χ0) is 38.4. The number of unbranched alkanes of at least 4 members (excludes halogenated alkanes) is 15. The van der Waals surface area contributed by atoms with Gasteiger partial charge in [-0.05, 0) is 70.6 Å². The van der Waals surface area contributed by atoms with Crippen LogP contribution in [-0.2, 0) is 32.7 Å². The SMILES string of the molecule is CC/C=C\C/C=C\C/C=C\CCCCCCCCCC(=O)OC(CO)COP(=O)(O)OCC(CO)OC(=O)CCCCCCC/C=C\CCCCC. The highest BCUT2D eigenvalue weighted by Crippen LogP contribution is 2.43. The average molecular weight is 757 g/mol. The summed E-state index contributed by atoms with van der Waals surface area (Å²) in [6.07, 6.45) is 38.0. The molecule has 0 heterocycles. The van der Waals surface area contributed by atoms with Crippen molar-refractivity contribution in [1.82, 2.24) is 0 Å². The number of aliphatic hydroxyl groups is 2. The molecule has 0 rings (SSSR count).